The molecule has 3 N–H and O–H groups in total. The maximum atomic E-state index is 11.9. The standard InChI is InChI=1S/C17H24N2O4/c1-3-4-8-14(17(22)23)19-15(20)10-9-12-6-5-7-13(11-12)16(21)18-2/h5-7,11,14H,3-4,8-10H2,1-2H3,(H,18,21)(H,19,20)(H,22,23)/t14-/m0/s1. The van der Waals surface area contributed by atoms with E-state index in [1.807, 2.05) is 13.0 Å². The Morgan fingerprint density at radius 3 is 2.61 bits per heavy atom. The van der Waals surface area contributed by atoms with Gasteiger partial charge in [0.1, 0.15) is 6.04 Å². The third-order valence-electron chi connectivity index (χ3n) is 3.54. The Bertz CT molecular complexity index is 557. The number of hydrogen-bond acceptors (Lipinski definition) is 3. The van der Waals surface area contributed by atoms with Gasteiger partial charge in [-0.3, -0.25) is 9.59 Å². The average molecular weight is 320 g/mol. The summed E-state index contributed by atoms with van der Waals surface area (Å²) in [7, 11) is 1.56. The molecule has 0 aromatic heterocycles. The van der Waals surface area contributed by atoms with E-state index in [1.54, 1.807) is 25.2 Å². The van der Waals surface area contributed by atoms with E-state index in [2.05, 4.69) is 10.6 Å². The predicted octanol–water partition coefficient (Wildman–Crippen LogP) is 1.74. The molecule has 6 nitrogen and oxygen atoms in total. The lowest BCUT2D eigenvalue weighted by atomic mass is 10.1. The highest BCUT2D eigenvalue weighted by atomic mass is 16.4. The molecule has 0 saturated heterocycles. The molecule has 0 radical (unpaired) electrons. The molecular weight excluding hydrogens is 296 g/mol. The molecule has 0 saturated carbocycles. The summed E-state index contributed by atoms with van der Waals surface area (Å²) in [5, 5.41) is 14.2. The van der Waals surface area contributed by atoms with E-state index in [0.29, 0.717) is 18.4 Å². The number of rotatable bonds is 9. The van der Waals surface area contributed by atoms with Crippen LogP contribution in [0.3, 0.4) is 0 Å². The fourth-order valence-corrected chi connectivity index (χ4v) is 2.20. The van der Waals surface area contributed by atoms with Gasteiger partial charge in [-0.05, 0) is 30.5 Å². The summed E-state index contributed by atoms with van der Waals surface area (Å²) < 4.78 is 0. The van der Waals surface area contributed by atoms with Gasteiger partial charge in [-0.15, -0.1) is 0 Å². The van der Waals surface area contributed by atoms with Crippen LogP contribution in [0, 0.1) is 0 Å². The molecule has 0 heterocycles. The number of unbranched alkanes of at least 4 members (excludes halogenated alkanes) is 1. The summed E-state index contributed by atoms with van der Waals surface area (Å²) in [5.74, 6) is -1.48. The Kier molecular flexibility index (Phi) is 7.80. The van der Waals surface area contributed by atoms with Crippen LogP contribution in [-0.4, -0.2) is 36.0 Å². The Morgan fingerprint density at radius 1 is 1.26 bits per heavy atom. The van der Waals surface area contributed by atoms with Gasteiger partial charge in [0.25, 0.3) is 5.91 Å². The molecule has 0 aliphatic carbocycles. The zero-order chi connectivity index (χ0) is 17.2. The Labute approximate surface area is 136 Å². The second-order valence-electron chi connectivity index (χ2n) is 5.38. The number of aliphatic carboxylic acids is 1. The van der Waals surface area contributed by atoms with Crippen LogP contribution in [0.2, 0.25) is 0 Å². The van der Waals surface area contributed by atoms with E-state index >= 15 is 0 Å². The lowest BCUT2D eigenvalue weighted by Gasteiger charge is -2.14. The summed E-state index contributed by atoms with van der Waals surface area (Å²) in [4.78, 5) is 34.6. The topological polar surface area (TPSA) is 95.5 Å². The number of hydrogen-bond donors (Lipinski definition) is 3. The molecule has 0 fully saturated rings. The Morgan fingerprint density at radius 2 is 2.00 bits per heavy atom. The monoisotopic (exact) mass is 320 g/mol. The molecule has 1 atom stereocenters. The van der Waals surface area contributed by atoms with E-state index in [4.69, 9.17) is 5.11 Å². The molecular formula is C17H24N2O4. The third kappa shape index (κ3) is 6.50. The highest BCUT2D eigenvalue weighted by Gasteiger charge is 2.18. The fraction of sp³-hybridized carbons (Fsp3) is 0.471. The molecule has 0 spiro atoms. The molecule has 1 aromatic carbocycles. The van der Waals surface area contributed by atoms with Crippen molar-refractivity contribution in [3.63, 3.8) is 0 Å². The van der Waals surface area contributed by atoms with Gasteiger partial charge >= 0.3 is 5.97 Å². The van der Waals surface area contributed by atoms with E-state index in [0.717, 1.165) is 18.4 Å². The van der Waals surface area contributed by atoms with Crippen molar-refractivity contribution in [2.75, 3.05) is 7.05 Å². The lowest BCUT2D eigenvalue weighted by molar-refractivity contribution is -0.142. The maximum Gasteiger partial charge on any atom is 0.326 e. The number of benzene rings is 1. The van der Waals surface area contributed by atoms with Gasteiger partial charge in [0.2, 0.25) is 5.91 Å². The van der Waals surface area contributed by atoms with Crippen LogP contribution < -0.4 is 10.6 Å². The van der Waals surface area contributed by atoms with Gasteiger partial charge in [-0.1, -0.05) is 31.9 Å². The number of amides is 2. The first kappa shape index (κ1) is 18.7. The van der Waals surface area contributed by atoms with Crippen molar-refractivity contribution in [3.8, 4) is 0 Å². The number of aryl methyl sites for hydroxylation is 1. The third-order valence-corrected chi connectivity index (χ3v) is 3.54. The quantitative estimate of drug-likeness (QED) is 0.646. The Balaban J connectivity index is 2.55. The summed E-state index contributed by atoms with van der Waals surface area (Å²) >= 11 is 0. The summed E-state index contributed by atoms with van der Waals surface area (Å²) in [6, 6.07) is 6.20. The summed E-state index contributed by atoms with van der Waals surface area (Å²) in [5.41, 5.74) is 1.40. The van der Waals surface area contributed by atoms with Gasteiger partial charge < -0.3 is 15.7 Å². The first-order valence-electron chi connectivity index (χ1n) is 7.81. The van der Waals surface area contributed by atoms with E-state index in [9.17, 15) is 14.4 Å². The van der Waals surface area contributed by atoms with Crippen molar-refractivity contribution in [2.45, 2.75) is 45.1 Å². The maximum absolute atomic E-state index is 11.9. The zero-order valence-electron chi connectivity index (χ0n) is 13.6. The first-order valence-corrected chi connectivity index (χ1v) is 7.81. The zero-order valence-corrected chi connectivity index (χ0v) is 13.6. The molecule has 126 valence electrons. The van der Waals surface area contributed by atoms with Crippen molar-refractivity contribution in [3.05, 3.63) is 35.4 Å². The molecule has 0 aliphatic heterocycles. The van der Waals surface area contributed by atoms with Crippen LogP contribution in [0.5, 0.6) is 0 Å². The van der Waals surface area contributed by atoms with Crippen molar-refractivity contribution < 1.29 is 19.5 Å². The number of carbonyl (C=O) groups is 3. The minimum atomic E-state index is -1.01. The number of carboxylic acid groups (broad SMARTS) is 1. The molecule has 0 aliphatic rings. The molecule has 0 unspecified atom stereocenters. The minimum absolute atomic E-state index is 0.179. The average Bonchev–Trinajstić information content (AvgIpc) is 2.56. The van der Waals surface area contributed by atoms with Crippen molar-refractivity contribution >= 4 is 17.8 Å². The van der Waals surface area contributed by atoms with Crippen molar-refractivity contribution in [2.24, 2.45) is 0 Å². The highest BCUT2D eigenvalue weighted by molar-refractivity contribution is 5.94. The van der Waals surface area contributed by atoms with Crippen LogP contribution in [0.4, 0.5) is 0 Å². The van der Waals surface area contributed by atoms with E-state index < -0.39 is 12.0 Å². The van der Waals surface area contributed by atoms with Crippen LogP contribution >= 0.6 is 0 Å². The first-order chi connectivity index (χ1) is 11.0. The minimum Gasteiger partial charge on any atom is -0.480 e. The molecule has 6 heteroatoms. The van der Waals surface area contributed by atoms with Gasteiger partial charge in [0.15, 0.2) is 0 Å². The highest BCUT2D eigenvalue weighted by Crippen LogP contribution is 2.08. The predicted molar refractivity (Wildman–Crippen MR) is 87.2 cm³/mol. The van der Waals surface area contributed by atoms with Crippen LogP contribution in [0.25, 0.3) is 0 Å². The summed E-state index contributed by atoms with van der Waals surface area (Å²) in [6.45, 7) is 1.97. The second kappa shape index (κ2) is 9.61. The molecule has 2 amide bonds. The smallest absolute Gasteiger partial charge is 0.326 e. The van der Waals surface area contributed by atoms with Gasteiger partial charge in [0.05, 0.1) is 0 Å². The van der Waals surface area contributed by atoms with Gasteiger partial charge in [0, 0.05) is 19.0 Å². The van der Waals surface area contributed by atoms with E-state index in [-0.39, 0.29) is 18.2 Å². The molecule has 23 heavy (non-hydrogen) atoms. The molecule has 1 rings (SSSR count). The van der Waals surface area contributed by atoms with Crippen LogP contribution in [0.1, 0.15) is 48.5 Å². The van der Waals surface area contributed by atoms with Gasteiger partial charge in [-0.2, -0.15) is 0 Å². The second-order valence-corrected chi connectivity index (χ2v) is 5.38. The number of carboxylic acids is 1. The van der Waals surface area contributed by atoms with Crippen molar-refractivity contribution in [1.29, 1.82) is 0 Å². The SMILES string of the molecule is CCCC[C@H](NC(=O)CCc1cccc(C(=O)NC)c1)C(=O)O. The Hall–Kier alpha value is -2.37. The van der Waals surface area contributed by atoms with Crippen LogP contribution in [0.15, 0.2) is 24.3 Å². The van der Waals surface area contributed by atoms with Crippen molar-refractivity contribution in [1.82, 2.24) is 10.6 Å². The normalized spacial score (nSPS) is 11.6. The molecule has 0 bridgehead atoms. The fourth-order valence-electron chi connectivity index (χ4n) is 2.20. The largest absolute Gasteiger partial charge is 0.480 e. The lowest BCUT2D eigenvalue weighted by Crippen LogP contribution is -2.40. The van der Waals surface area contributed by atoms with Crippen LogP contribution in [-0.2, 0) is 16.0 Å². The van der Waals surface area contributed by atoms with Gasteiger partial charge in [-0.25, -0.2) is 4.79 Å². The number of carbonyl (C=O) groups excluding carboxylic acids is 2. The summed E-state index contributed by atoms with van der Waals surface area (Å²) in [6.07, 6.45) is 2.71. The number of nitrogens with one attached hydrogen (secondary N) is 2. The molecule has 1 aromatic rings. The van der Waals surface area contributed by atoms with E-state index in [1.165, 1.54) is 0 Å².